The number of carbonyl (C=O) groups is 1. The molecule has 0 bridgehead atoms. The number of thiazole rings is 1. The van der Waals surface area contributed by atoms with Gasteiger partial charge in [-0.05, 0) is 67.7 Å². The second-order valence-electron chi connectivity index (χ2n) is 7.90. The van der Waals surface area contributed by atoms with Gasteiger partial charge in [0, 0.05) is 24.3 Å². The summed E-state index contributed by atoms with van der Waals surface area (Å²) in [6.45, 7) is 1.02. The summed E-state index contributed by atoms with van der Waals surface area (Å²) in [4.78, 5) is 18.9. The zero-order chi connectivity index (χ0) is 22.8. The molecule has 4 rings (SSSR count). The number of aromatic nitrogens is 1. The van der Waals surface area contributed by atoms with Crippen LogP contribution in [0.3, 0.4) is 0 Å². The van der Waals surface area contributed by atoms with Gasteiger partial charge < -0.3 is 10.0 Å². The van der Waals surface area contributed by atoms with Crippen LogP contribution in [0.5, 0.6) is 0 Å². The summed E-state index contributed by atoms with van der Waals surface area (Å²) in [5, 5.41) is 10.6. The number of thioether (sulfide) groups is 1. The largest absolute Gasteiger partial charge is 0.390 e. The van der Waals surface area contributed by atoms with Crippen LogP contribution in [-0.4, -0.2) is 60.0 Å². The first-order valence-corrected chi connectivity index (χ1v) is 14.0. The monoisotopic (exact) mass is 491 g/mol. The molecule has 10 heteroatoms. The van der Waals surface area contributed by atoms with Crippen LogP contribution in [0.1, 0.15) is 29.6 Å². The maximum absolute atomic E-state index is 12.9. The lowest BCUT2D eigenvalue weighted by Crippen LogP contribution is -2.46. The van der Waals surface area contributed by atoms with Crippen molar-refractivity contribution in [3.8, 4) is 0 Å². The summed E-state index contributed by atoms with van der Waals surface area (Å²) >= 11 is 3.09. The fourth-order valence-electron chi connectivity index (χ4n) is 3.82. The van der Waals surface area contributed by atoms with Gasteiger partial charge in [0.1, 0.15) is 10.4 Å². The van der Waals surface area contributed by atoms with E-state index in [1.165, 1.54) is 17.4 Å². The average molecular weight is 492 g/mol. The highest BCUT2D eigenvalue weighted by Gasteiger charge is 2.33. The van der Waals surface area contributed by atoms with E-state index < -0.39 is 15.6 Å². The number of nitrogens with one attached hydrogen (secondary N) is 1. The molecule has 0 spiro atoms. The SMILES string of the molecule is CSCCC1(O)CCN(C(=O)c2ccc(NS(=O)(=O)c3cccc4scnc34)cc2)CC1. The molecule has 2 N–H and O–H groups in total. The molecule has 7 nitrogen and oxygen atoms in total. The van der Waals surface area contributed by atoms with Gasteiger partial charge in [0.25, 0.3) is 15.9 Å². The molecule has 3 aromatic rings. The van der Waals surface area contributed by atoms with Crippen molar-refractivity contribution < 1.29 is 18.3 Å². The summed E-state index contributed by atoms with van der Waals surface area (Å²) in [6.07, 6.45) is 3.89. The summed E-state index contributed by atoms with van der Waals surface area (Å²) in [5.74, 6) is 0.789. The smallest absolute Gasteiger partial charge is 0.264 e. The number of hydrogen-bond donors (Lipinski definition) is 2. The van der Waals surface area contributed by atoms with E-state index in [1.54, 1.807) is 52.5 Å². The van der Waals surface area contributed by atoms with Crippen molar-refractivity contribution in [3.05, 3.63) is 53.5 Å². The van der Waals surface area contributed by atoms with E-state index in [-0.39, 0.29) is 10.8 Å². The quantitative estimate of drug-likeness (QED) is 0.521. The fourth-order valence-corrected chi connectivity index (χ4v) is 6.40. The molecule has 0 radical (unpaired) electrons. The number of aliphatic hydroxyl groups is 1. The van der Waals surface area contributed by atoms with Gasteiger partial charge in [-0.15, -0.1) is 11.3 Å². The van der Waals surface area contributed by atoms with Crippen LogP contribution in [0.2, 0.25) is 0 Å². The zero-order valence-electron chi connectivity index (χ0n) is 17.7. The number of para-hydroxylation sites is 1. The number of carbonyl (C=O) groups excluding carboxylic acids is 1. The number of nitrogens with zero attached hydrogens (tertiary/aromatic N) is 2. The van der Waals surface area contributed by atoms with Crippen LogP contribution in [0.25, 0.3) is 10.2 Å². The molecule has 1 aliphatic heterocycles. The third-order valence-corrected chi connectivity index (χ3v) is 8.57. The predicted molar refractivity (Wildman–Crippen MR) is 130 cm³/mol. The molecule has 0 unspecified atom stereocenters. The average Bonchev–Trinajstić information content (AvgIpc) is 3.27. The Morgan fingerprint density at radius 3 is 2.62 bits per heavy atom. The topological polar surface area (TPSA) is 99.6 Å². The molecule has 170 valence electrons. The first-order chi connectivity index (χ1) is 15.3. The Kier molecular flexibility index (Phi) is 6.75. The lowest BCUT2D eigenvalue weighted by atomic mass is 9.88. The Balaban J connectivity index is 1.42. The van der Waals surface area contributed by atoms with Gasteiger partial charge in [-0.1, -0.05) is 6.07 Å². The summed E-state index contributed by atoms with van der Waals surface area (Å²) < 4.78 is 29.1. The lowest BCUT2D eigenvalue weighted by molar-refractivity contribution is -0.0184. The Bertz CT molecular complexity index is 1200. The van der Waals surface area contributed by atoms with E-state index >= 15 is 0 Å². The van der Waals surface area contributed by atoms with E-state index in [0.29, 0.717) is 42.7 Å². The standard InChI is InChI=1S/C22H25N3O4S3/c1-30-14-11-22(27)9-12-25(13-10-22)21(26)16-5-7-17(8-6-16)24-32(28,29)19-4-2-3-18-20(19)23-15-31-18/h2-8,15,24,27H,9-14H2,1H3. The Labute approximate surface area is 195 Å². The van der Waals surface area contributed by atoms with Gasteiger partial charge in [-0.25, -0.2) is 13.4 Å². The Morgan fingerprint density at radius 1 is 1.22 bits per heavy atom. The van der Waals surface area contributed by atoms with Crippen LogP contribution in [0.15, 0.2) is 52.9 Å². The van der Waals surface area contributed by atoms with E-state index in [9.17, 15) is 18.3 Å². The number of rotatable bonds is 7. The number of piperidine rings is 1. The summed E-state index contributed by atoms with van der Waals surface area (Å²) in [7, 11) is -3.81. The highest BCUT2D eigenvalue weighted by atomic mass is 32.2. The minimum Gasteiger partial charge on any atom is -0.390 e. The first-order valence-electron chi connectivity index (χ1n) is 10.3. The minimum absolute atomic E-state index is 0.112. The number of fused-ring (bicyclic) bond motifs is 1. The molecule has 32 heavy (non-hydrogen) atoms. The zero-order valence-corrected chi connectivity index (χ0v) is 20.1. The van der Waals surface area contributed by atoms with Crippen LogP contribution >= 0.6 is 23.1 Å². The molecule has 0 aliphatic carbocycles. The Hall–Kier alpha value is -2.14. The third kappa shape index (κ3) is 4.93. The number of anilines is 1. The van der Waals surface area contributed by atoms with Crippen LogP contribution in [0, 0.1) is 0 Å². The van der Waals surface area contributed by atoms with Crippen molar-refractivity contribution in [1.29, 1.82) is 0 Å². The number of sulfonamides is 1. The van der Waals surface area contributed by atoms with Gasteiger partial charge >= 0.3 is 0 Å². The van der Waals surface area contributed by atoms with Gasteiger partial charge in [0.15, 0.2) is 0 Å². The second kappa shape index (κ2) is 9.38. The van der Waals surface area contributed by atoms with Crippen LogP contribution < -0.4 is 4.72 Å². The number of likely N-dealkylation sites (tertiary alicyclic amines) is 1. The minimum atomic E-state index is -3.81. The molecule has 0 atom stereocenters. The third-order valence-electron chi connectivity index (χ3n) is 5.75. The number of amides is 1. The molecular weight excluding hydrogens is 466 g/mol. The maximum atomic E-state index is 12.9. The molecule has 0 saturated carbocycles. The molecule has 1 aromatic heterocycles. The molecule has 2 heterocycles. The van der Waals surface area contributed by atoms with Crippen molar-refractivity contribution in [3.63, 3.8) is 0 Å². The summed E-state index contributed by atoms with van der Waals surface area (Å²) in [6, 6.07) is 11.5. The Morgan fingerprint density at radius 2 is 1.94 bits per heavy atom. The van der Waals surface area contributed by atoms with Gasteiger partial charge in [-0.3, -0.25) is 9.52 Å². The van der Waals surface area contributed by atoms with Crippen molar-refractivity contribution in [2.45, 2.75) is 29.8 Å². The van der Waals surface area contributed by atoms with Crippen molar-refractivity contribution in [2.24, 2.45) is 0 Å². The van der Waals surface area contributed by atoms with E-state index in [0.717, 1.165) is 16.9 Å². The highest BCUT2D eigenvalue weighted by Crippen LogP contribution is 2.29. The maximum Gasteiger partial charge on any atom is 0.264 e. The fraction of sp³-hybridized carbons (Fsp3) is 0.364. The van der Waals surface area contributed by atoms with Crippen molar-refractivity contribution in [2.75, 3.05) is 29.8 Å². The predicted octanol–water partition coefficient (Wildman–Crippen LogP) is 3.82. The normalized spacial score (nSPS) is 16.2. The number of hydrogen-bond acceptors (Lipinski definition) is 7. The van der Waals surface area contributed by atoms with E-state index in [2.05, 4.69) is 9.71 Å². The lowest BCUT2D eigenvalue weighted by Gasteiger charge is -2.38. The van der Waals surface area contributed by atoms with Gasteiger partial charge in [-0.2, -0.15) is 11.8 Å². The molecule has 1 fully saturated rings. The van der Waals surface area contributed by atoms with Crippen LogP contribution in [-0.2, 0) is 10.0 Å². The van der Waals surface area contributed by atoms with Gasteiger partial charge in [0.05, 0.1) is 15.8 Å². The number of benzene rings is 2. The van der Waals surface area contributed by atoms with E-state index in [4.69, 9.17) is 0 Å². The van der Waals surface area contributed by atoms with Crippen LogP contribution in [0.4, 0.5) is 5.69 Å². The summed E-state index contributed by atoms with van der Waals surface area (Å²) in [5.41, 5.74) is 2.23. The highest BCUT2D eigenvalue weighted by molar-refractivity contribution is 7.98. The van der Waals surface area contributed by atoms with Gasteiger partial charge in [0.2, 0.25) is 0 Å². The van der Waals surface area contributed by atoms with E-state index in [1.807, 2.05) is 12.3 Å². The molecule has 1 aliphatic rings. The second-order valence-corrected chi connectivity index (χ2v) is 11.4. The van der Waals surface area contributed by atoms with Crippen molar-refractivity contribution >= 4 is 54.9 Å². The first kappa shape index (κ1) is 23.0. The molecule has 1 saturated heterocycles. The molecule has 2 aromatic carbocycles. The molecular formula is C22H25N3O4S3. The van der Waals surface area contributed by atoms with Crippen molar-refractivity contribution in [1.82, 2.24) is 9.88 Å². The molecule has 1 amide bonds.